The molecule has 0 aliphatic heterocycles. The quantitative estimate of drug-likeness (QED) is 0.916. The summed E-state index contributed by atoms with van der Waals surface area (Å²) in [4.78, 5) is 16.1. The third kappa shape index (κ3) is 5.38. The topological polar surface area (TPSA) is 42.0 Å². The Morgan fingerprint density at radius 1 is 1.14 bits per heavy atom. The van der Waals surface area contributed by atoms with Crippen LogP contribution in [0.5, 0.6) is 0 Å². The van der Waals surface area contributed by atoms with Gasteiger partial charge >= 0.3 is 0 Å². The van der Waals surface area contributed by atoms with Gasteiger partial charge < -0.3 is 5.32 Å². The molecule has 2 aromatic rings. The molecule has 1 amide bonds. The fraction of sp³-hybridized carbons (Fsp3) is 0.333. The Labute approximate surface area is 127 Å². The van der Waals surface area contributed by atoms with E-state index in [1.54, 1.807) is 12.3 Å². The highest BCUT2D eigenvalue weighted by atomic mass is 16.1. The van der Waals surface area contributed by atoms with Crippen LogP contribution < -0.4 is 5.32 Å². The lowest BCUT2D eigenvalue weighted by atomic mass is 10.00. The molecule has 0 unspecified atom stereocenters. The first-order valence-corrected chi connectivity index (χ1v) is 7.48. The van der Waals surface area contributed by atoms with Crippen LogP contribution in [0.1, 0.15) is 37.5 Å². The normalized spacial score (nSPS) is 9.52. The predicted molar refractivity (Wildman–Crippen MR) is 88.5 cm³/mol. The van der Waals surface area contributed by atoms with Gasteiger partial charge in [0.2, 0.25) is 5.91 Å². The van der Waals surface area contributed by atoms with Crippen LogP contribution >= 0.6 is 0 Å². The average Bonchev–Trinajstić information content (AvgIpc) is 2.50. The van der Waals surface area contributed by atoms with Crippen molar-refractivity contribution in [2.24, 2.45) is 0 Å². The maximum atomic E-state index is 12.0. The maximum absolute atomic E-state index is 12.0. The SMILES string of the molecule is CC.CCc1ccc(C)cc1CC(=O)Nc1ccccn1. The molecule has 3 nitrogen and oxygen atoms in total. The summed E-state index contributed by atoms with van der Waals surface area (Å²) in [5.74, 6) is 0.567. The Kier molecular flexibility index (Phi) is 7.16. The molecular weight excluding hydrogens is 260 g/mol. The van der Waals surface area contributed by atoms with Crippen molar-refractivity contribution in [1.29, 1.82) is 0 Å². The van der Waals surface area contributed by atoms with Crippen molar-refractivity contribution in [3.8, 4) is 0 Å². The van der Waals surface area contributed by atoms with Crippen LogP contribution in [0.3, 0.4) is 0 Å². The number of nitrogens with one attached hydrogen (secondary N) is 1. The molecule has 1 N–H and O–H groups in total. The Morgan fingerprint density at radius 3 is 2.52 bits per heavy atom. The van der Waals surface area contributed by atoms with Gasteiger partial charge in [0.05, 0.1) is 6.42 Å². The van der Waals surface area contributed by atoms with Gasteiger partial charge in [0.1, 0.15) is 5.82 Å². The zero-order valence-electron chi connectivity index (χ0n) is 13.3. The first kappa shape index (κ1) is 16.9. The van der Waals surface area contributed by atoms with Crippen LogP contribution in [0.15, 0.2) is 42.6 Å². The molecule has 0 spiro atoms. The van der Waals surface area contributed by atoms with Gasteiger partial charge in [0.25, 0.3) is 0 Å². The number of rotatable bonds is 4. The van der Waals surface area contributed by atoms with Crippen molar-refractivity contribution >= 4 is 11.7 Å². The summed E-state index contributed by atoms with van der Waals surface area (Å²) in [7, 11) is 0. The summed E-state index contributed by atoms with van der Waals surface area (Å²) < 4.78 is 0. The number of aromatic nitrogens is 1. The van der Waals surface area contributed by atoms with Crippen molar-refractivity contribution in [1.82, 2.24) is 4.98 Å². The molecule has 0 saturated heterocycles. The summed E-state index contributed by atoms with van der Waals surface area (Å²) in [6.07, 6.45) is 2.99. The molecule has 112 valence electrons. The number of pyridine rings is 1. The van der Waals surface area contributed by atoms with E-state index in [0.29, 0.717) is 12.2 Å². The first-order chi connectivity index (χ1) is 10.2. The van der Waals surface area contributed by atoms with Gasteiger partial charge in [-0.05, 0) is 36.6 Å². The fourth-order valence-corrected chi connectivity index (χ4v) is 2.06. The number of aryl methyl sites for hydroxylation is 2. The lowest BCUT2D eigenvalue weighted by Crippen LogP contribution is -2.16. The largest absolute Gasteiger partial charge is 0.310 e. The highest BCUT2D eigenvalue weighted by Crippen LogP contribution is 2.14. The van der Waals surface area contributed by atoms with Crippen molar-refractivity contribution in [3.05, 3.63) is 59.3 Å². The molecule has 2 rings (SSSR count). The molecule has 0 radical (unpaired) electrons. The lowest BCUT2D eigenvalue weighted by Gasteiger charge is -2.09. The smallest absolute Gasteiger partial charge is 0.229 e. The van der Waals surface area contributed by atoms with E-state index >= 15 is 0 Å². The second-order valence-corrected chi connectivity index (χ2v) is 4.57. The Morgan fingerprint density at radius 2 is 1.90 bits per heavy atom. The number of nitrogens with zero attached hydrogens (tertiary/aromatic N) is 1. The highest BCUT2D eigenvalue weighted by molar-refractivity contribution is 5.91. The minimum Gasteiger partial charge on any atom is -0.310 e. The molecule has 0 bridgehead atoms. The van der Waals surface area contributed by atoms with E-state index in [0.717, 1.165) is 12.0 Å². The van der Waals surface area contributed by atoms with E-state index in [1.165, 1.54) is 11.1 Å². The molecule has 1 aromatic heterocycles. The minimum atomic E-state index is -0.0287. The van der Waals surface area contributed by atoms with Crippen LogP contribution in [0.2, 0.25) is 0 Å². The van der Waals surface area contributed by atoms with E-state index in [1.807, 2.05) is 32.9 Å². The van der Waals surface area contributed by atoms with Crippen molar-refractivity contribution < 1.29 is 4.79 Å². The van der Waals surface area contributed by atoms with E-state index in [2.05, 4.69) is 35.4 Å². The second-order valence-electron chi connectivity index (χ2n) is 4.57. The van der Waals surface area contributed by atoms with Gasteiger partial charge in [0, 0.05) is 6.20 Å². The molecule has 21 heavy (non-hydrogen) atoms. The number of anilines is 1. The van der Waals surface area contributed by atoms with Crippen LogP contribution in [0, 0.1) is 6.92 Å². The third-order valence-electron chi connectivity index (χ3n) is 3.03. The van der Waals surface area contributed by atoms with Crippen molar-refractivity contribution in [2.75, 3.05) is 5.32 Å². The van der Waals surface area contributed by atoms with E-state index in [9.17, 15) is 4.79 Å². The monoisotopic (exact) mass is 284 g/mol. The van der Waals surface area contributed by atoms with Gasteiger partial charge in [-0.25, -0.2) is 4.98 Å². The maximum Gasteiger partial charge on any atom is 0.229 e. The second kappa shape index (κ2) is 8.90. The third-order valence-corrected chi connectivity index (χ3v) is 3.03. The molecule has 1 heterocycles. The Hall–Kier alpha value is -2.16. The van der Waals surface area contributed by atoms with E-state index in [4.69, 9.17) is 0 Å². The Bertz CT molecular complexity index is 565. The van der Waals surface area contributed by atoms with Crippen LogP contribution in [-0.4, -0.2) is 10.9 Å². The zero-order chi connectivity index (χ0) is 15.7. The van der Waals surface area contributed by atoms with Crippen LogP contribution in [-0.2, 0) is 17.6 Å². The van der Waals surface area contributed by atoms with Crippen molar-refractivity contribution in [3.63, 3.8) is 0 Å². The van der Waals surface area contributed by atoms with Crippen molar-refractivity contribution in [2.45, 2.75) is 40.5 Å². The van der Waals surface area contributed by atoms with Gasteiger partial charge in [-0.15, -0.1) is 0 Å². The number of carbonyl (C=O) groups is 1. The van der Waals surface area contributed by atoms with Gasteiger partial charge in [0.15, 0.2) is 0 Å². The van der Waals surface area contributed by atoms with Gasteiger partial charge in [-0.3, -0.25) is 4.79 Å². The number of amides is 1. The molecule has 0 atom stereocenters. The van der Waals surface area contributed by atoms with Crippen LogP contribution in [0.4, 0.5) is 5.82 Å². The number of carbonyl (C=O) groups excluding carboxylic acids is 1. The summed E-state index contributed by atoms with van der Waals surface area (Å²) in [5, 5.41) is 2.81. The lowest BCUT2D eigenvalue weighted by molar-refractivity contribution is -0.115. The van der Waals surface area contributed by atoms with E-state index < -0.39 is 0 Å². The molecule has 0 aliphatic rings. The summed E-state index contributed by atoms with van der Waals surface area (Å²) >= 11 is 0. The molecule has 0 saturated carbocycles. The molecule has 3 heteroatoms. The first-order valence-electron chi connectivity index (χ1n) is 7.48. The van der Waals surface area contributed by atoms with Gasteiger partial charge in [-0.1, -0.05) is 50.6 Å². The predicted octanol–water partition coefficient (Wildman–Crippen LogP) is 4.16. The minimum absolute atomic E-state index is 0.0287. The summed E-state index contributed by atoms with van der Waals surface area (Å²) in [5.41, 5.74) is 3.50. The summed E-state index contributed by atoms with van der Waals surface area (Å²) in [6, 6.07) is 11.7. The van der Waals surface area contributed by atoms with E-state index in [-0.39, 0.29) is 5.91 Å². The number of benzene rings is 1. The molecule has 1 aromatic carbocycles. The number of hydrogen-bond acceptors (Lipinski definition) is 2. The number of hydrogen-bond donors (Lipinski definition) is 1. The Balaban J connectivity index is 0.00000106. The molecule has 0 aliphatic carbocycles. The zero-order valence-corrected chi connectivity index (χ0v) is 13.3. The average molecular weight is 284 g/mol. The van der Waals surface area contributed by atoms with Gasteiger partial charge in [-0.2, -0.15) is 0 Å². The fourth-order valence-electron chi connectivity index (χ4n) is 2.06. The standard InChI is InChI=1S/C16H18N2O.C2H6/c1-3-13-8-7-12(2)10-14(13)11-16(19)18-15-6-4-5-9-17-15;1-2/h4-10H,3,11H2,1-2H3,(H,17,18,19);1-2H3. The highest BCUT2D eigenvalue weighted by Gasteiger charge is 2.08. The molecule has 0 fully saturated rings. The molecular formula is C18H24N2O. The van der Waals surface area contributed by atoms with Crippen LogP contribution in [0.25, 0.3) is 0 Å². The summed E-state index contributed by atoms with van der Waals surface area (Å²) in [6.45, 7) is 8.14.